The maximum absolute atomic E-state index is 12.6. The van der Waals surface area contributed by atoms with Crippen LogP contribution in [0.2, 0.25) is 0 Å². The molecule has 0 unspecified atom stereocenters. The summed E-state index contributed by atoms with van der Waals surface area (Å²) in [6.45, 7) is 1.60. The number of thiophene rings is 1. The lowest BCUT2D eigenvalue weighted by molar-refractivity contribution is -0.385. The molecule has 9 nitrogen and oxygen atoms in total. The molecule has 1 atom stereocenters. The van der Waals surface area contributed by atoms with Gasteiger partial charge in [0.15, 0.2) is 9.84 Å². The van der Waals surface area contributed by atoms with Crippen LogP contribution in [-0.4, -0.2) is 40.5 Å². The van der Waals surface area contributed by atoms with E-state index in [1.165, 1.54) is 6.07 Å². The zero-order chi connectivity index (χ0) is 19.3. The third-order valence-electron chi connectivity index (χ3n) is 4.86. The van der Waals surface area contributed by atoms with Crippen molar-refractivity contribution in [2.45, 2.75) is 38.1 Å². The number of carbonyl (C=O) groups is 1. The Balaban J connectivity index is 1.62. The monoisotopic (exact) mass is 410 g/mol. The molecule has 11 heteroatoms. The largest absolute Gasteiger partial charge is 0.306 e. The van der Waals surface area contributed by atoms with Gasteiger partial charge >= 0.3 is 0 Å². The summed E-state index contributed by atoms with van der Waals surface area (Å²) in [6, 6.07) is 2.74. The number of hydrogen-bond acceptors (Lipinski definition) is 7. The highest BCUT2D eigenvalue weighted by Gasteiger charge is 2.34. The predicted octanol–water partition coefficient (Wildman–Crippen LogP) is 2.65. The van der Waals surface area contributed by atoms with Crippen molar-refractivity contribution < 1.29 is 18.1 Å². The molecule has 3 heterocycles. The fourth-order valence-electron chi connectivity index (χ4n) is 3.28. The van der Waals surface area contributed by atoms with Crippen molar-refractivity contribution >= 4 is 38.6 Å². The van der Waals surface area contributed by atoms with Crippen LogP contribution in [0.5, 0.6) is 0 Å². The average Bonchev–Trinajstić information content (AvgIpc) is 3.08. The van der Waals surface area contributed by atoms with E-state index in [9.17, 15) is 23.3 Å². The summed E-state index contributed by atoms with van der Waals surface area (Å²) in [5.41, 5.74) is 0.766. The van der Waals surface area contributed by atoms with Gasteiger partial charge in [0.25, 0.3) is 11.6 Å². The number of carbonyl (C=O) groups excluding carboxylic acids is 1. The molecular weight excluding hydrogens is 392 g/mol. The topological polar surface area (TPSA) is 124 Å². The molecule has 2 fully saturated rings. The van der Waals surface area contributed by atoms with Gasteiger partial charge in [-0.2, -0.15) is 5.10 Å². The van der Waals surface area contributed by atoms with E-state index in [2.05, 4.69) is 10.4 Å². The Kier molecular flexibility index (Phi) is 4.30. The van der Waals surface area contributed by atoms with Gasteiger partial charge in [0.2, 0.25) is 0 Å². The first-order chi connectivity index (χ1) is 12.7. The molecule has 2 aromatic heterocycles. The first-order valence-electron chi connectivity index (χ1n) is 8.59. The molecule has 0 radical (unpaired) electrons. The molecule has 0 aromatic carbocycles. The highest BCUT2D eigenvalue weighted by molar-refractivity contribution is 7.91. The summed E-state index contributed by atoms with van der Waals surface area (Å²) >= 11 is 1.05. The van der Waals surface area contributed by atoms with Crippen LogP contribution in [0.15, 0.2) is 12.1 Å². The lowest BCUT2D eigenvalue weighted by atomic mass is 10.2. The van der Waals surface area contributed by atoms with Crippen molar-refractivity contribution in [1.29, 1.82) is 0 Å². The van der Waals surface area contributed by atoms with Gasteiger partial charge in [-0.3, -0.25) is 14.9 Å². The van der Waals surface area contributed by atoms with Gasteiger partial charge in [-0.15, -0.1) is 11.3 Å². The van der Waals surface area contributed by atoms with Gasteiger partial charge in [-0.1, -0.05) is 0 Å². The number of hydrogen-bond donors (Lipinski definition) is 1. The van der Waals surface area contributed by atoms with Gasteiger partial charge in [0.1, 0.15) is 5.82 Å². The van der Waals surface area contributed by atoms with Gasteiger partial charge in [-0.05, 0) is 26.2 Å². The smallest absolute Gasteiger partial charge is 0.283 e. The lowest BCUT2D eigenvalue weighted by Crippen LogP contribution is -2.19. The zero-order valence-corrected chi connectivity index (χ0v) is 16.2. The minimum atomic E-state index is -3.09. The van der Waals surface area contributed by atoms with Gasteiger partial charge in [-0.25, -0.2) is 13.1 Å². The van der Waals surface area contributed by atoms with E-state index < -0.39 is 20.7 Å². The Morgan fingerprint density at radius 1 is 1.37 bits per heavy atom. The van der Waals surface area contributed by atoms with Crippen LogP contribution in [0, 0.1) is 17.0 Å². The first kappa shape index (κ1) is 18.1. The van der Waals surface area contributed by atoms with Crippen molar-refractivity contribution in [3.8, 4) is 0 Å². The molecule has 1 saturated carbocycles. The number of sulfone groups is 1. The van der Waals surface area contributed by atoms with E-state index in [-0.39, 0.29) is 28.1 Å². The number of aryl methyl sites for hydroxylation is 1. The van der Waals surface area contributed by atoms with Crippen LogP contribution in [0.3, 0.4) is 0 Å². The fourth-order valence-corrected chi connectivity index (χ4v) is 5.85. The average molecular weight is 410 g/mol. The van der Waals surface area contributed by atoms with Crippen LogP contribution < -0.4 is 5.32 Å². The molecule has 0 spiro atoms. The van der Waals surface area contributed by atoms with Crippen LogP contribution >= 0.6 is 11.3 Å². The summed E-state index contributed by atoms with van der Waals surface area (Å²) in [5, 5.41) is 18.3. The van der Waals surface area contributed by atoms with E-state index >= 15 is 0 Å². The van der Waals surface area contributed by atoms with Gasteiger partial charge in [0, 0.05) is 18.1 Å². The number of rotatable bonds is 5. The van der Waals surface area contributed by atoms with Gasteiger partial charge in [0.05, 0.1) is 37.9 Å². The molecule has 1 aliphatic carbocycles. The highest BCUT2D eigenvalue weighted by atomic mass is 32.2. The summed E-state index contributed by atoms with van der Waals surface area (Å²) in [4.78, 5) is 23.8. The van der Waals surface area contributed by atoms with Gasteiger partial charge < -0.3 is 5.32 Å². The van der Waals surface area contributed by atoms with E-state index in [1.54, 1.807) is 17.7 Å². The Labute approximate surface area is 159 Å². The molecule has 1 aliphatic heterocycles. The lowest BCUT2D eigenvalue weighted by Gasteiger charge is -2.13. The standard InChI is InChI=1S/C16H18N4O5S2/c1-9-13(20(22)23)7-14(26-9)16(21)17-15-6-12(10-2-3-10)18-19(15)11-4-5-27(24,25)8-11/h6-7,10-11H,2-5,8H2,1H3,(H,17,21)/t11-/m0/s1. The second-order valence-electron chi connectivity index (χ2n) is 6.99. The number of amides is 1. The van der Waals surface area contributed by atoms with Crippen molar-refractivity contribution in [2.75, 3.05) is 16.8 Å². The Morgan fingerprint density at radius 3 is 2.67 bits per heavy atom. The van der Waals surface area contributed by atoms with Crippen molar-refractivity contribution in [3.63, 3.8) is 0 Å². The van der Waals surface area contributed by atoms with Crippen LogP contribution in [0.1, 0.15) is 51.5 Å². The molecule has 144 valence electrons. The fraction of sp³-hybridized carbons (Fsp3) is 0.500. The molecule has 1 N–H and O–H groups in total. The highest BCUT2D eigenvalue weighted by Crippen LogP contribution is 2.41. The molecule has 27 heavy (non-hydrogen) atoms. The third kappa shape index (κ3) is 3.61. The first-order valence-corrected chi connectivity index (χ1v) is 11.2. The van der Waals surface area contributed by atoms with Crippen LogP contribution in [0.4, 0.5) is 11.5 Å². The summed E-state index contributed by atoms with van der Waals surface area (Å²) in [6.07, 6.45) is 2.52. The number of nitrogens with zero attached hydrogens (tertiary/aromatic N) is 3. The zero-order valence-electron chi connectivity index (χ0n) is 14.5. The number of anilines is 1. The SMILES string of the molecule is Cc1sc(C(=O)Nc2cc(C3CC3)nn2[C@H]2CCS(=O)(=O)C2)cc1[N+](=O)[O-]. The predicted molar refractivity (Wildman–Crippen MR) is 100 cm³/mol. The molecule has 2 aromatic rings. The quantitative estimate of drug-likeness (QED) is 0.597. The second kappa shape index (κ2) is 6.41. The van der Waals surface area contributed by atoms with E-state index in [0.717, 1.165) is 29.9 Å². The van der Waals surface area contributed by atoms with Crippen molar-refractivity contribution in [1.82, 2.24) is 9.78 Å². The van der Waals surface area contributed by atoms with E-state index in [1.807, 2.05) is 0 Å². The normalized spacial score (nSPS) is 21.3. The Morgan fingerprint density at radius 2 is 2.11 bits per heavy atom. The Bertz CT molecular complexity index is 1040. The minimum absolute atomic E-state index is 0.00520. The molecule has 4 rings (SSSR count). The molecular formula is C16H18N4O5S2. The molecule has 0 bridgehead atoms. The Hall–Kier alpha value is -2.27. The van der Waals surface area contributed by atoms with Crippen LogP contribution in [0.25, 0.3) is 0 Å². The van der Waals surface area contributed by atoms with Crippen molar-refractivity contribution in [3.05, 3.63) is 37.7 Å². The van der Waals surface area contributed by atoms with E-state index in [0.29, 0.717) is 23.0 Å². The van der Waals surface area contributed by atoms with Crippen molar-refractivity contribution in [2.24, 2.45) is 0 Å². The summed E-state index contributed by atoms with van der Waals surface area (Å²) in [7, 11) is -3.09. The molecule has 1 saturated heterocycles. The molecule has 1 amide bonds. The van der Waals surface area contributed by atoms with E-state index in [4.69, 9.17) is 0 Å². The third-order valence-corrected chi connectivity index (χ3v) is 7.65. The summed E-state index contributed by atoms with van der Waals surface area (Å²) in [5.74, 6) is 0.453. The number of nitrogens with one attached hydrogen (secondary N) is 1. The minimum Gasteiger partial charge on any atom is -0.306 e. The number of aromatic nitrogens is 2. The molecule has 2 aliphatic rings. The maximum Gasteiger partial charge on any atom is 0.283 e. The maximum atomic E-state index is 12.6. The number of nitro groups is 1. The summed E-state index contributed by atoms with van der Waals surface area (Å²) < 4.78 is 25.3. The van der Waals surface area contributed by atoms with Crippen LogP contribution in [-0.2, 0) is 9.84 Å². The second-order valence-corrected chi connectivity index (χ2v) is 10.5.